The third kappa shape index (κ3) is 2.02. The summed E-state index contributed by atoms with van der Waals surface area (Å²) < 4.78 is 0. The zero-order valence-electron chi connectivity index (χ0n) is 11.8. The number of rotatable bonds is 2. The standard InChI is InChI=1S/C18H17N3/c19-16-5-3-7-18-15(16)9-11-21(18)12-13-8-10-20-17-6-2-1-4-14(13)17/h1-8,10H,9,11-12,19H2. The van der Waals surface area contributed by atoms with E-state index < -0.39 is 0 Å². The van der Waals surface area contributed by atoms with E-state index in [1.807, 2.05) is 24.4 Å². The first-order valence-electron chi connectivity index (χ1n) is 7.28. The summed E-state index contributed by atoms with van der Waals surface area (Å²) in [6.45, 7) is 1.93. The molecule has 0 bridgehead atoms. The van der Waals surface area contributed by atoms with Gasteiger partial charge in [-0.1, -0.05) is 24.3 Å². The molecule has 0 amide bonds. The van der Waals surface area contributed by atoms with Crippen molar-refractivity contribution in [3.8, 4) is 0 Å². The number of para-hydroxylation sites is 1. The van der Waals surface area contributed by atoms with Crippen molar-refractivity contribution in [3.63, 3.8) is 0 Å². The fourth-order valence-corrected chi connectivity index (χ4v) is 3.19. The van der Waals surface area contributed by atoms with Gasteiger partial charge in [0.25, 0.3) is 0 Å². The molecule has 0 saturated carbocycles. The van der Waals surface area contributed by atoms with Crippen LogP contribution in [0.3, 0.4) is 0 Å². The van der Waals surface area contributed by atoms with Crippen molar-refractivity contribution in [2.24, 2.45) is 0 Å². The predicted molar refractivity (Wildman–Crippen MR) is 87.4 cm³/mol. The number of hydrogen-bond acceptors (Lipinski definition) is 3. The molecule has 4 rings (SSSR count). The van der Waals surface area contributed by atoms with Crippen molar-refractivity contribution in [1.29, 1.82) is 0 Å². The zero-order chi connectivity index (χ0) is 14.2. The second kappa shape index (κ2) is 4.77. The van der Waals surface area contributed by atoms with Crippen LogP contribution in [0.4, 0.5) is 11.4 Å². The van der Waals surface area contributed by atoms with Gasteiger partial charge in [-0.2, -0.15) is 0 Å². The topological polar surface area (TPSA) is 42.1 Å². The van der Waals surface area contributed by atoms with Crippen LogP contribution >= 0.6 is 0 Å². The van der Waals surface area contributed by atoms with E-state index in [-0.39, 0.29) is 0 Å². The van der Waals surface area contributed by atoms with Gasteiger partial charge in [-0.15, -0.1) is 0 Å². The Morgan fingerprint density at radius 2 is 1.95 bits per heavy atom. The lowest BCUT2D eigenvalue weighted by Gasteiger charge is -2.20. The van der Waals surface area contributed by atoms with Crippen LogP contribution < -0.4 is 10.6 Å². The molecule has 21 heavy (non-hydrogen) atoms. The summed E-state index contributed by atoms with van der Waals surface area (Å²) in [5.74, 6) is 0. The van der Waals surface area contributed by atoms with Crippen molar-refractivity contribution >= 4 is 22.3 Å². The molecule has 0 atom stereocenters. The first-order valence-corrected chi connectivity index (χ1v) is 7.28. The van der Waals surface area contributed by atoms with Crippen molar-refractivity contribution in [2.75, 3.05) is 17.2 Å². The molecule has 0 saturated heterocycles. The third-order valence-corrected chi connectivity index (χ3v) is 4.26. The van der Waals surface area contributed by atoms with Gasteiger partial charge < -0.3 is 10.6 Å². The van der Waals surface area contributed by atoms with Gasteiger partial charge in [0.1, 0.15) is 0 Å². The number of pyridine rings is 1. The van der Waals surface area contributed by atoms with E-state index in [0.717, 1.165) is 30.7 Å². The number of nitrogen functional groups attached to an aromatic ring is 1. The Balaban J connectivity index is 1.73. The molecule has 0 radical (unpaired) electrons. The van der Waals surface area contributed by atoms with Crippen LogP contribution in [0.25, 0.3) is 10.9 Å². The maximum absolute atomic E-state index is 6.08. The molecule has 0 unspecified atom stereocenters. The molecule has 1 aliphatic rings. The minimum Gasteiger partial charge on any atom is -0.398 e. The number of benzene rings is 2. The maximum atomic E-state index is 6.08. The smallest absolute Gasteiger partial charge is 0.0705 e. The van der Waals surface area contributed by atoms with Gasteiger partial charge in [-0.25, -0.2) is 0 Å². The van der Waals surface area contributed by atoms with Crippen LogP contribution in [0.15, 0.2) is 54.7 Å². The highest BCUT2D eigenvalue weighted by Crippen LogP contribution is 2.33. The summed E-state index contributed by atoms with van der Waals surface area (Å²) >= 11 is 0. The van der Waals surface area contributed by atoms with E-state index in [4.69, 9.17) is 5.73 Å². The van der Waals surface area contributed by atoms with E-state index in [9.17, 15) is 0 Å². The van der Waals surface area contributed by atoms with E-state index in [2.05, 4.69) is 40.2 Å². The summed E-state index contributed by atoms with van der Waals surface area (Å²) in [5, 5.41) is 1.23. The Bertz CT molecular complexity index is 805. The second-order valence-corrected chi connectivity index (χ2v) is 5.50. The monoisotopic (exact) mass is 275 g/mol. The van der Waals surface area contributed by atoms with Crippen LogP contribution in [-0.4, -0.2) is 11.5 Å². The minimum atomic E-state index is 0.902. The normalized spacial score (nSPS) is 13.6. The summed E-state index contributed by atoms with van der Waals surface area (Å²) in [5.41, 5.74) is 11.9. The average Bonchev–Trinajstić information content (AvgIpc) is 2.92. The molecule has 3 heteroatoms. The Kier molecular flexibility index (Phi) is 2.78. The summed E-state index contributed by atoms with van der Waals surface area (Å²) in [7, 11) is 0. The maximum Gasteiger partial charge on any atom is 0.0705 e. The van der Waals surface area contributed by atoms with Crippen molar-refractivity contribution in [3.05, 3.63) is 65.9 Å². The van der Waals surface area contributed by atoms with Crippen LogP contribution in [0.2, 0.25) is 0 Å². The molecule has 2 N–H and O–H groups in total. The predicted octanol–water partition coefficient (Wildman–Crippen LogP) is 3.38. The lowest BCUT2D eigenvalue weighted by molar-refractivity contribution is 0.840. The Hall–Kier alpha value is -2.55. The molecule has 0 fully saturated rings. The number of aromatic nitrogens is 1. The highest BCUT2D eigenvalue weighted by molar-refractivity contribution is 5.82. The molecule has 3 aromatic rings. The molecule has 2 heterocycles. The number of nitrogens with two attached hydrogens (primary N) is 1. The van der Waals surface area contributed by atoms with Gasteiger partial charge >= 0.3 is 0 Å². The van der Waals surface area contributed by atoms with Crippen LogP contribution in [0.1, 0.15) is 11.1 Å². The van der Waals surface area contributed by atoms with Crippen molar-refractivity contribution < 1.29 is 0 Å². The number of hydrogen-bond donors (Lipinski definition) is 1. The fourth-order valence-electron chi connectivity index (χ4n) is 3.19. The van der Waals surface area contributed by atoms with Gasteiger partial charge in [0.05, 0.1) is 5.52 Å². The van der Waals surface area contributed by atoms with Crippen LogP contribution in [0.5, 0.6) is 0 Å². The van der Waals surface area contributed by atoms with Crippen molar-refractivity contribution in [2.45, 2.75) is 13.0 Å². The molecule has 0 aliphatic carbocycles. The quantitative estimate of drug-likeness (QED) is 0.729. The summed E-state index contributed by atoms with van der Waals surface area (Å²) in [6, 6.07) is 16.6. The Labute approximate surface area is 124 Å². The molecule has 1 aromatic heterocycles. The highest BCUT2D eigenvalue weighted by atomic mass is 15.1. The van der Waals surface area contributed by atoms with E-state index in [1.54, 1.807) is 0 Å². The molecular formula is C18H17N3. The SMILES string of the molecule is Nc1cccc2c1CCN2Cc1ccnc2ccccc12. The van der Waals surface area contributed by atoms with E-state index in [1.165, 1.54) is 22.2 Å². The second-order valence-electron chi connectivity index (χ2n) is 5.50. The highest BCUT2D eigenvalue weighted by Gasteiger charge is 2.21. The molecule has 3 nitrogen and oxygen atoms in total. The number of anilines is 2. The first-order chi connectivity index (χ1) is 10.3. The number of nitrogens with zero attached hydrogens (tertiary/aromatic N) is 2. The van der Waals surface area contributed by atoms with Crippen LogP contribution in [0, 0.1) is 0 Å². The fraction of sp³-hybridized carbons (Fsp3) is 0.167. The van der Waals surface area contributed by atoms with E-state index in [0.29, 0.717) is 0 Å². The summed E-state index contributed by atoms with van der Waals surface area (Å²) in [4.78, 5) is 6.85. The van der Waals surface area contributed by atoms with Gasteiger partial charge in [0, 0.05) is 41.6 Å². The summed E-state index contributed by atoms with van der Waals surface area (Å²) in [6.07, 6.45) is 2.93. The Morgan fingerprint density at radius 1 is 1.05 bits per heavy atom. The molecule has 1 aliphatic heterocycles. The average molecular weight is 275 g/mol. The van der Waals surface area contributed by atoms with Crippen molar-refractivity contribution in [1.82, 2.24) is 4.98 Å². The van der Waals surface area contributed by atoms with Gasteiger partial charge in [-0.3, -0.25) is 4.98 Å². The largest absolute Gasteiger partial charge is 0.398 e. The Morgan fingerprint density at radius 3 is 2.90 bits per heavy atom. The third-order valence-electron chi connectivity index (χ3n) is 4.26. The molecule has 2 aromatic carbocycles. The van der Waals surface area contributed by atoms with Gasteiger partial charge in [0.2, 0.25) is 0 Å². The first kappa shape index (κ1) is 12.2. The zero-order valence-corrected chi connectivity index (χ0v) is 11.8. The van der Waals surface area contributed by atoms with Gasteiger partial charge in [0.15, 0.2) is 0 Å². The lowest BCUT2D eigenvalue weighted by Crippen LogP contribution is -2.19. The molecule has 0 spiro atoms. The minimum absolute atomic E-state index is 0.902. The lowest BCUT2D eigenvalue weighted by atomic mass is 10.1. The molecule has 104 valence electrons. The van der Waals surface area contributed by atoms with Crippen LogP contribution in [-0.2, 0) is 13.0 Å². The van der Waals surface area contributed by atoms with Gasteiger partial charge in [-0.05, 0) is 36.2 Å². The van der Waals surface area contributed by atoms with E-state index >= 15 is 0 Å². The molecular weight excluding hydrogens is 258 g/mol. The number of fused-ring (bicyclic) bond motifs is 2.